The Morgan fingerprint density at radius 3 is 2.89 bits per heavy atom. The normalized spacial score (nSPS) is 21.3. The number of carbonyl (C=O) groups excluding carboxylic acids is 1. The van der Waals surface area contributed by atoms with E-state index in [1.807, 2.05) is 30.3 Å². The summed E-state index contributed by atoms with van der Waals surface area (Å²) in [5.41, 5.74) is 6.75. The van der Waals surface area contributed by atoms with Gasteiger partial charge in [0.05, 0.1) is 6.61 Å². The van der Waals surface area contributed by atoms with E-state index >= 15 is 0 Å². The van der Waals surface area contributed by atoms with Gasteiger partial charge in [0.2, 0.25) is 5.91 Å². The van der Waals surface area contributed by atoms with Crippen molar-refractivity contribution >= 4 is 5.91 Å². The van der Waals surface area contributed by atoms with Gasteiger partial charge in [-0.3, -0.25) is 4.79 Å². The zero-order valence-electron chi connectivity index (χ0n) is 10.5. The lowest BCUT2D eigenvalue weighted by Gasteiger charge is -2.23. The molecule has 0 aliphatic carbocycles. The molecule has 1 aromatic carbocycles. The average Bonchev–Trinajstić information content (AvgIpc) is 2.46. The molecular weight excluding hydrogens is 228 g/mol. The second-order valence-electron chi connectivity index (χ2n) is 4.72. The molecule has 2 rings (SSSR count). The van der Waals surface area contributed by atoms with E-state index in [1.54, 1.807) is 0 Å². The van der Waals surface area contributed by atoms with Crippen LogP contribution in [0, 0.1) is 5.92 Å². The molecule has 1 amide bonds. The van der Waals surface area contributed by atoms with Crippen LogP contribution in [0.5, 0.6) is 0 Å². The maximum Gasteiger partial charge on any atom is 0.241 e. The van der Waals surface area contributed by atoms with Crippen molar-refractivity contribution in [2.75, 3.05) is 19.8 Å². The molecule has 0 radical (unpaired) electrons. The summed E-state index contributed by atoms with van der Waals surface area (Å²) in [6.45, 7) is 2.23. The van der Waals surface area contributed by atoms with Crippen LogP contribution in [0.3, 0.4) is 0 Å². The van der Waals surface area contributed by atoms with E-state index in [0.717, 1.165) is 31.6 Å². The van der Waals surface area contributed by atoms with Crippen LogP contribution in [0.2, 0.25) is 0 Å². The van der Waals surface area contributed by atoms with Crippen molar-refractivity contribution in [1.29, 1.82) is 0 Å². The SMILES string of the molecule is N[C@@H](C(=O)NC[C@H]1CCCOC1)c1ccccc1. The van der Waals surface area contributed by atoms with E-state index in [0.29, 0.717) is 12.5 Å². The fraction of sp³-hybridized carbons (Fsp3) is 0.500. The Balaban J connectivity index is 1.80. The Bertz CT molecular complexity index is 375. The van der Waals surface area contributed by atoms with Gasteiger partial charge in [-0.2, -0.15) is 0 Å². The van der Waals surface area contributed by atoms with Gasteiger partial charge in [0, 0.05) is 13.2 Å². The highest BCUT2D eigenvalue weighted by molar-refractivity contribution is 5.82. The summed E-state index contributed by atoms with van der Waals surface area (Å²) < 4.78 is 5.38. The van der Waals surface area contributed by atoms with Crippen LogP contribution in [-0.2, 0) is 9.53 Å². The molecule has 4 heteroatoms. The monoisotopic (exact) mass is 248 g/mol. The largest absolute Gasteiger partial charge is 0.381 e. The van der Waals surface area contributed by atoms with Gasteiger partial charge in [-0.1, -0.05) is 30.3 Å². The summed E-state index contributed by atoms with van der Waals surface area (Å²) in [7, 11) is 0. The minimum atomic E-state index is -0.587. The predicted molar refractivity (Wildman–Crippen MR) is 69.9 cm³/mol. The van der Waals surface area contributed by atoms with Crippen molar-refractivity contribution in [3.8, 4) is 0 Å². The number of hydrogen-bond acceptors (Lipinski definition) is 3. The van der Waals surface area contributed by atoms with Crippen molar-refractivity contribution in [2.24, 2.45) is 11.7 Å². The Morgan fingerprint density at radius 1 is 1.44 bits per heavy atom. The van der Waals surface area contributed by atoms with E-state index < -0.39 is 6.04 Å². The van der Waals surface area contributed by atoms with E-state index in [-0.39, 0.29) is 5.91 Å². The Morgan fingerprint density at radius 2 is 2.22 bits per heavy atom. The molecule has 0 unspecified atom stereocenters. The second-order valence-corrected chi connectivity index (χ2v) is 4.72. The average molecular weight is 248 g/mol. The van der Waals surface area contributed by atoms with Crippen LogP contribution in [0.15, 0.2) is 30.3 Å². The van der Waals surface area contributed by atoms with E-state index in [9.17, 15) is 4.79 Å². The molecule has 1 aliphatic rings. The van der Waals surface area contributed by atoms with Crippen molar-refractivity contribution in [3.05, 3.63) is 35.9 Å². The summed E-state index contributed by atoms with van der Waals surface area (Å²) in [5.74, 6) is 0.303. The summed E-state index contributed by atoms with van der Waals surface area (Å²) >= 11 is 0. The molecule has 98 valence electrons. The van der Waals surface area contributed by atoms with Gasteiger partial charge in [-0.15, -0.1) is 0 Å². The molecule has 1 aliphatic heterocycles. The number of amides is 1. The highest BCUT2D eigenvalue weighted by Gasteiger charge is 2.18. The molecule has 0 bridgehead atoms. The minimum Gasteiger partial charge on any atom is -0.381 e. The fourth-order valence-electron chi connectivity index (χ4n) is 2.14. The van der Waals surface area contributed by atoms with Crippen molar-refractivity contribution in [1.82, 2.24) is 5.32 Å². The summed E-state index contributed by atoms with van der Waals surface area (Å²) in [5, 5.41) is 2.91. The molecule has 2 atom stereocenters. The van der Waals surface area contributed by atoms with Gasteiger partial charge in [0.1, 0.15) is 6.04 Å². The lowest BCUT2D eigenvalue weighted by Crippen LogP contribution is -2.38. The summed E-state index contributed by atoms with van der Waals surface area (Å²) in [6, 6.07) is 8.83. The van der Waals surface area contributed by atoms with E-state index in [4.69, 9.17) is 10.5 Å². The van der Waals surface area contributed by atoms with Gasteiger partial charge >= 0.3 is 0 Å². The lowest BCUT2D eigenvalue weighted by molar-refractivity contribution is -0.122. The molecule has 3 N–H and O–H groups in total. The Kier molecular flexibility index (Phi) is 4.73. The lowest BCUT2D eigenvalue weighted by atomic mass is 10.0. The molecule has 1 heterocycles. The number of rotatable bonds is 4. The van der Waals surface area contributed by atoms with Crippen LogP contribution >= 0.6 is 0 Å². The predicted octanol–water partition coefficient (Wildman–Crippen LogP) is 1.23. The van der Waals surface area contributed by atoms with Crippen LogP contribution in [-0.4, -0.2) is 25.7 Å². The zero-order chi connectivity index (χ0) is 12.8. The number of benzene rings is 1. The van der Waals surface area contributed by atoms with Crippen molar-refractivity contribution in [2.45, 2.75) is 18.9 Å². The first-order valence-corrected chi connectivity index (χ1v) is 6.43. The number of ether oxygens (including phenoxy) is 1. The molecule has 0 spiro atoms. The first-order chi connectivity index (χ1) is 8.77. The molecule has 1 aromatic rings. The molecule has 0 saturated carbocycles. The van der Waals surface area contributed by atoms with Crippen molar-refractivity contribution < 1.29 is 9.53 Å². The van der Waals surface area contributed by atoms with Gasteiger partial charge in [0.15, 0.2) is 0 Å². The quantitative estimate of drug-likeness (QED) is 0.842. The van der Waals surface area contributed by atoms with Gasteiger partial charge in [0.25, 0.3) is 0 Å². The first kappa shape index (κ1) is 13.1. The van der Waals surface area contributed by atoms with E-state index in [2.05, 4.69) is 5.32 Å². The van der Waals surface area contributed by atoms with Crippen LogP contribution in [0.1, 0.15) is 24.4 Å². The first-order valence-electron chi connectivity index (χ1n) is 6.43. The fourth-order valence-corrected chi connectivity index (χ4v) is 2.14. The third-order valence-corrected chi connectivity index (χ3v) is 3.26. The smallest absolute Gasteiger partial charge is 0.241 e. The molecule has 1 fully saturated rings. The molecule has 0 aromatic heterocycles. The standard InChI is InChI=1S/C14H20N2O2/c15-13(12-6-2-1-3-7-12)14(17)16-9-11-5-4-8-18-10-11/h1-3,6-7,11,13H,4-5,8-10,15H2,(H,16,17)/t11-,13-/m1/s1. The van der Waals surface area contributed by atoms with Crippen LogP contribution < -0.4 is 11.1 Å². The van der Waals surface area contributed by atoms with Crippen LogP contribution in [0.4, 0.5) is 0 Å². The molecular formula is C14H20N2O2. The topological polar surface area (TPSA) is 64.4 Å². The van der Waals surface area contributed by atoms with Crippen LogP contribution in [0.25, 0.3) is 0 Å². The number of carbonyl (C=O) groups is 1. The summed E-state index contributed by atoms with van der Waals surface area (Å²) in [6.07, 6.45) is 2.19. The third kappa shape index (κ3) is 3.55. The Labute approximate surface area is 108 Å². The summed E-state index contributed by atoms with van der Waals surface area (Å²) in [4.78, 5) is 11.9. The highest BCUT2D eigenvalue weighted by atomic mass is 16.5. The minimum absolute atomic E-state index is 0.119. The van der Waals surface area contributed by atoms with Gasteiger partial charge in [-0.05, 0) is 24.3 Å². The second kappa shape index (κ2) is 6.52. The highest BCUT2D eigenvalue weighted by Crippen LogP contribution is 2.13. The van der Waals surface area contributed by atoms with Gasteiger partial charge in [-0.25, -0.2) is 0 Å². The van der Waals surface area contributed by atoms with Gasteiger partial charge < -0.3 is 15.8 Å². The zero-order valence-corrected chi connectivity index (χ0v) is 10.5. The Hall–Kier alpha value is -1.39. The number of nitrogens with one attached hydrogen (secondary N) is 1. The van der Waals surface area contributed by atoms with Crippen molar-refractivity contribution in [3.63, 3.8) is 0 Å². The maximum atomic E-state index is 11.9. The molecule has 18 heavy (non-hydrogen) atoms. The molecule has 1 saturated heterocycles. The third-order valence-electron chi connectivity index (χ3n) is 3.26. The maximum absolute atomic E-state index is 11.9. The molecule has 4 nitrogen and oxygen atoms in total. The number of hydrogen-bond donors (Lipinski definition) is 2. The van der Waals surface area contributed by atoms with E-state index in [1.165, 1.54) is 0 Å². The number of nitrogens with two attached hydrogens (primary N) is 1.